The number of hydrogen-bond donors (Lipinski definition) is 2. The van der Waals surface area contributed by atoms with Crippen LogP contribution in [0.2, 0.25) is 0 Å². The van der Waals surface area contributed by atoms with Crippen LogP contribution in [0.3, 0.4) is 0 Å². The number of nitrogens with two attached hydrogens (primary N) is 1. The molecule has 2 rings (SSSR count). The third-order valence-corrected chi connectivity index (χ3v) is 2.39. The van der Waals surface area contributed by atoms with E-state index < -0.39 is 0 Å². The minimum atomic E-state index is 0.695. The molecule has 15 heavy (non-hydrogen) atoms. The lowest BCUT2D eigenvalue weighted by molar-refractivity contribution is 0.969. The molecule has 0 aliphatic heterocycles. The normalized spacial score (nSPS) is 10.5. The molecule has 78 valence electrons. The van der Waals surface area contributed by atoms with Gasteiger partial charge in [0.15, 0.2) is 0 Å². The van der Waals surface area contributed by atoms with E-state index in [1.807, 2.05) is 13.0 Å². The number of nitrogens with zero attached hydrogens (tertiary/aromatic N) is 1. The number of aromatic amines is 1. The zero-order valence-electron chi connectivity index (χ0n) is 8.83. The van der Waals surface area contributed by atoms with Gasteiger partial charge in [0.25, 0.3) is 0 Å². The van der Waals surface area contributed by atoms with Crippen LogP contribution in [0.1, 0.15) is 11.3 Å². The van der Waals surface area contributed by atoms with Gasteiger partial charge in [-0.3, -0.25) is 5.10 Å². The summed E-state index contributed by atoms with van der Waals surface area (Å²) in [6.45, 7) is 2.69. The van der Waals surface area contributed by atoms with E-state index in [0.717, 1.165) is 23.4 Å². The predicted octanol–water partition coefficient (Wildman–Crippen LogP) is 1.89. The maximum absolute atomic E-state index is 5.50. The molecule has 0 aliphatic carbocycles. The van der Waals surface area contributed by atoms with Crippen molar-refractivity contribution in [3.8, 4) is 11.3 Å². The number of benzene rings is 1. The summed E-state index contributed by atoms with van der Waals surface area (Å²) in [6, 6.07) is 10.4. The average molecular weight is 201 g/mol. The Morgan fingerprint density at radius 3 is 2.53 bits per heavy atom. The molecule has 1 aromatic heterocycles. The Morgan fingerprint density at radius 1 is 1.27 bits per heavy atom. The second-order valence-electron chi connectivity index (χ2n) is 3.67. The van der Waals surface area contributed by atoms with Gasteiger partial charge in [-0.15, -0.1) is 0 Å². The fourth-order valence-electron chi connectivity index (χ4n) is 1.57. The lowest BCUT2D eigenvalue weighted by Gasteiger charge is -2.00. The molecule has 1 aromatic carbocycles. The first kappa shape index (κ1) is 9.93. The van der Waals surface area contributed by atoms with Gasteiger partial charge < -0.3 is 5.73 Å². The number of nitrogens with one attached hydrogen (secondary N) is 1. The van der Waals surface area contributed by atoms with Crippen LogP contribution >= 0.6 is 0 Å². The molecule has 0 fully saturated rings. The monoisotopic (exact) mass is 201 g/mol. The summed E-state index contributed by atoms with van der Waals surface area (Å²) in [5.74, 6) is 0. The molecular formula is C12H15N3. The van der Waals surface area contributed by atoms with Crippen molar-refractivity contribution in [1.29, 1.82) is 0 Å². The van der Waals surface area contributed by atoms with Gasteiger partial charge in [-0.2, -0.15) is 5.10 Å². The van der Waals surface area contributed by atoms with Crippen LogP contribution in [-0.2, 0) is 6.42 Å². The number of H-pyrrole nitrogens is 1. The van der Waals surface area contributed by atoms with E-state index in [1.54, 1.807) is 0 Å². The first-order valence-electron chi connectivity index (χ1n) is 5.11. The molecule has 2 aromatic rings. The minimum Gasteiger partial charge on any atom is -0.330 e. The van der Waals surface area contributed by atoms with Gasteiger partial charge in [-0.05, 0) is 31.5 Å². The highest BCUT2D eigenvalue weighted by molar-refractivity contribution is 5.59. The minimum absolute atomic E-state index is 0.695. The van der Waals surface area contributed by atoms with E-state index in [0.29, 0.717) is 6.54 Å². The lowest BCUT2D eigenvalue weighted by Crippen LogP contribution is -2.02. The van der Waals surface area contributed by atoms with Crippen molar-refractivity contribution in [3.05, 3.63) is 41.6 Å². The van der Waals surface area contributed by atoms with Gasteiger partial charge in [0.1, 0.15) is 0 Å². The van der Waals surface area contributed by atoms with E-state index in [9.17, 15) is 0 Å². The van der Waals surface area contributed by atoms with Gasteiger partial charge in [0, 0.05) is 11.3 Å². The predicted molar refractivity (Wildman–Crippen MR) is 61.5 cm³/mol. The summed E-state index contributed by atoms with van der Waals surface area (Å²) >= 11 is 0. The summed E-state index contributed by atoms with van der Waals surface area (Å²) in [6.07, 6.45) is 0.930. The molecule has 0 amide bonds. The SMILES string of the molecule is Cc1cc(-c2ccc(CCN)cc2)n[nH]1. The molecule has 3 N–H and O–H groups in total. The van der Waals surface area contributed by atoms with Gasteiger partial charge in [0.05, 0.1) is 5.69 Å². The highest BCUT2D eigenvalue weighted by atomic mass is 15.1. The highest BCUT2D eigenvalue weighted by Gasteiger charge is 2.01. The van der Waals surface area contributed by atoms with Gasteiger partial charge in [0.2, 0.25) is 0 Å². The van der Waals surface area contributed by atoms with Crippen molar-refractivity contribution < 1.29 is 0 Å². The van der Waals surface area contributed by atoms with Gasteiger partial charge in [-0.25, -0.2) is 0 Å². The molecule has 0 spiro atoms. The summed E-state index contributed by atoms with van der Waals surface area (Å²) in [7, 11) is 0. The van der Waals surface area contributed by atoms with Crippen LogP contribution in [0, 0.1) is 6.92 Å². The first-order valence-corrected chi connectivity index (χ1v) is 5.11. The molecular weight excluding hydrogens is 186 g/mol. The molecule has 3 nitrogen and oxygen atoms in total. The van der Waals surface area contributed by atoms with Crippen LogP contribution < -0.4 is 5.73 Å². The zero-order chi connectivity index (χ0) is 10.7. The lowest BCUT2D eigenvalue weighted by atomic mass is 10.1. The maximum atomic E-state index is 5.50. The van der Waals surface area contributed by atoms with E-state index in [-0.39, 0.29) is 0 Å². The van der Waals surface area contributed by atoms with Crippen molar-refractivity contribution in [3.63, 3.8) is 0 Å². The van der Waals surface area contributed by atoms with E-state index in [4.69, 9.17) is 5.73 Å². The number of hydrogen-bond acceptors (Lipinski definition) is 2. The number of aryl methyl sites for hydroxylation is 1. The fourth-order valence-corrected chi connectivity index (χ4v) is 1.57. The molecule has 0 saturated carbocycles. The third kappa shape index (κ3) is 2.25. The van der Waals surface area contributed by atoms with Crippen LogP contribution in [0.25, 0.3) is 11.3 Å². The van der Waals surface area contributed by atoms with Crippen molar-refractivity contribution in [1.82, 2.24) is 10.2 Å². The van der Waals surface area contributed by atoms with Gasteiger partial charge >= 0.3 is 0 Å². The molecule has 0 saturated heterocycles. The average Bonchev–Trinajstić information content (AvgIpc) is 2.67. The van der Waals surface area contributed by atoms with E-state index in [2.05, 4.69) is 34.5 Å². The highest BCUT2D eigenvalue weighted by Crippen LogP contribution is 2.17. The third-order valence-electron chi connectivity index (χ3n) is 2.39. The quantitative estimate of drug-likeness (QED) is 0.796. The Morgan fingerprint density at radius 2 is 2.00 bits per heavy atom. The Bertz CT molecular complexity index is 428. The van der Waals surface area contributed by atoms with Crippen LogP contribution in [0.5, 0.6) is 0 Å². The molecule has 0 aliphatic rings. The van der Waals surface area contributed by atoms with Gasteiger partial charge in [-0.1, -0.05) is 24.3 Å². The summed E-state index contributed by atoms with van der Waals surface area (Å²) in [5, 5.41) is 7.15. The van der Waals surface area contributed by atoms with Crippen LogP contribution in [0.4, 0.5) is 0 Å². The standard InChI is InChI=1S/C12H15N3/c1-9-8-12(15-14-9)11-4-2-10(3-5-11)6-7-13/h2-5,8H,6-7,13H2,1H3,(H,14,15). The second-order valence-corrected chi connectivity index (χ2v) is 3.67. The molecule has 3 heteroatoms. The second kappa shape index (κ2) is 4.28. The Hall–Kier alpha value is -1.61. The number of rotatable bonds is 3. The Labute approximate surface area is 89.3 Å². The summed E-state index contributed by atoms with van der Waals surface area (Å²) in [4.78, 5) is 0. The first-order chi connectivity index (χ1) is 7.29. The summed E-state index contributed by atoms with van der Waals surface area (Å²) < 4.78 is 0. The molecule has 0 atom stereocenters. The number of aromatic nitrogens is 2. The zero-order valence-corrected chi connectivity index (χ0v) is 8.83. The van der Waals surface area contributed by atoms with Crippen molar-refractivity contribution in [2.75, 3.05) is 6.54 Å². The van der Waals surface area contributed by atoms with Crippen LogP contribution in [0.15, 0.2) is 30.3 Å². The molecule has 1 heterocycles. The molecule has 0 unspecified atom stereocenters. The Balaban J connectivity index is 2.23. The van der Waals surface area contributed by atoms with Crippen LogP contribution in [-0.4, -0.2) is 16.7 Å². The molecule has 0 bridgehead atoms. The van der Waals surface area contributed by atoms with Crippen molar-refractivity contribution in [2.24, 2.45) is 5.73 Å². The topological polar surface area (TPSA) is 54.7 Å². The molecule has 0 radical (unpaired) electrons. The summed E-state index contributed by atoms with van der Waals surface area (Å²) in [5.41, 5.74) is 9.98. The van der Waals surface area contributed by atoms with Crippen molar-refractivity contribution >= 4 is 0 Å². The Kier molecular flexibility index (Phi) is 2.83. The maximum Gasteiger partial charge on any atom is 0.0923 e. The van der Waals surface area contributed by atoms with Crippen molar-refractivity contribution in [2.45, 2.75) is 13.3 Å². The van der Waals surface area contributed by atoms with E-state index in [1.165, 1.54) is 5.56 Å². The van der Waals surface area contributed by atoms with E-state index >= 15 is 0 Å². The fraction of sp³-hybridized carbons (Fsp3) is 0.250. The largest absolute Gasteiger partial charge is 0.330 e. The smallest absolute Gasteiger partial charge is 0.0923 e.